The predicted molar refractivity (Wildman–Crippen MR) is 181 cm³/mol. The second kappa shape index (κ2) is 11.8. The minimum Gasteiger partial charge on any atom is -0.200 e. The number of hydrogen-bond donors (Lipinski definition) is 2. The van der Waals surface area contributed by atoms with Gasteiger partial charge in [0.2, 0.25) is 0 Å². The van der Waals surface area contributed by atoms with E-state index in [0.717, 1.165) is 22.3 Å². The van der Waals surface area contributed by atoms with Gasteiger partial charge in [-0.3, -0.25) is 0 Å². The highest BCUT2D eigenvalue weighted by Gasteiger charge is 2.50. The number of aryl methyl sites for hydroxylation is 2. The lowest BCUT2D eigenvalue weighted by molar-refractivity contribution is 0.583. The smallest absolute Gasteiger partial charge is 0.200 e. The molecule has 10 rings (SSSR count). The van der Waals surface area contributed by atoms with Crippen molar-refractivity contribution in [2.24, 2.45) is 57.5 Å². The Hall–Kier alpha value is -4.28. The fourth-order valence-corrected chi connectivity index (χ4v) is 8.28. The van der Waals surface area contributed by atoms with Crippen LogP contribution in [0.15, 0.2) is 140 Å². The van der Waals surface area contributed by atoms with Crippen molar-refractivity contribution in [1.29, 1.82) is 0 Å². The van der Waals surface area contributed by atoms with Crippen LogP contribution in [-0.2, 0) is 20.0 Å². The third kappa shape index (κ3) is 6.24. The number of allylic oxidation sites excluding steroid dienone is 12. The van der Waals surface area contributed by atoms with Crippen molar-refractivity contribution in [2.75, 3.05) is 0 Å². The Morgan fingerprint density at radius 2 is 1.00 bits per heavy atom. The van der Waals surface area contributed by atoms with Gasteiger partial charge in [-0.05, 0) is 84.8 Å². The molecule has 2 aromatic rings. The molecule has 2 N–H and O–H groups in total. The highest BCUT2D eigenvalue weighted by Crippen LogP contribution is 2.56. The zero-order valence-corrected chi connectivity index (χ0v) is 27.1. The average Bonchev–Trinajstić information content (AvgIpc) is 3.90. The first-order valence-corrected chi connectivity index (χ1v) is 18.5. The molecule has 236 valence electrons. The number of nitrogens with zero attached hydrogens (tertiary/aromatic N) is 2. The van der Waals surface area contributed by atoms with E-state index >= 15 is 0 Å². The van der Waals surface area contributed by atoms with Crippen LogP contribution >= 0.6 is 0 Å². The summed E-state index contributed by atoms with van der Waals surface area (Å²) in [6.45, 7) is 3.84. The van der Waals surface area contributed by atoms with E-state index < -0.39 is 20.0 Å². The van der Waals surface area contributed by atoms with Crippen LogP contribution in [0.3, 0.4) is 0 Å². The Labute approximate surface area is 270 Å². The Kier molecular flexibility index (Phi) is 7.81. The Balaban J connectivity index is 0.000000147. The Morgan fingerprint density at radius 1 is 0.543 bits per heavy atom. The van der Waals surface area contributed by atoms with Gasteiger partial charge in [-0.2, -0.15) is 27.0 Å². The van der Waals surface area contributed by atoms with Gasteiger partial charge in [-0.15, -0.1) is 0 Å². The fourth-order valence-electron chi connectivity index (χ4n) is 6.70. The number of sulfonamides is 2. The summed E-state index contributed by atoms with van der Waals surface area (Å²) in [5, 5.41) is 7.97. The summed E-state index contributed by atoms with van der Waals surface area (Å²) in [5.41, 5.74) is 4.21. The summed E-state index contributed by atoms with van der Waals surface area (Å²) in [6.07, 6.45) is 25.5. The van der Waals surface area contributed by atoms with Gasteiger partial charge < -0.3 is 0 Å². The Morgan fingerprint density at radius 3 is 1.50 bits per heavy atom. The molecule has 8 aliphatic rings. The van der Waals surface area contributed by atoms with Crippen LogP contribution in [0.1, 0.15) is 11.1 Å². The van der Waals surface area contributed by atoms with E-state index in [0.29, 0.717) is 41.4 Å². The average molecular weight is 653 g/mol. The molecule has 2 saturated carbocycles. The molecule has 0 aromatic heterocycles. The molecule has 2 fully saturated rings. The van der Waals surface area contributed by atoms with Crippen molar-refractivity contribution >= 4 is 32.5 Å². The topological polar surface area (TPSA) is 117 Å². The highest BCUT2D eigenvalue weighted by molar-refractivity contribution is 7.89. The van der Waals surface area contributed by atoms with Crippen LogP contribution in [-0.4, -0.2) is 29.3 Å². The quantitative estimate of drug-likeness (QED) is 0.219. The summed E-state index contributed by atoms with van der Waals surface area (Å²) in [6, 6.07) is 13.4. The van der Waals surface area contributed by atoms with Crippen molar-refractivity contribution in [3.05, 3.63) is 132 Å². The number of benzene rings is 2. The maximum atomic E-state index is 12.2. The van der Waals surface area contributed by atoms with Gasteiger partial charge in [-0.1, -0.05) is 96.2 Å². The van der Waals surface area contributed by atoms with Gasteiger partial charge >= 0.3 is 0 Å². The van der Waals surface area contributed by atoms with Gasteiger partial charge in [0, 0.05) is 11.8 Å². The van der Waals surface area contributed by atoms with Crippen LogP contribution in [0.25, 0.3) is 0 Å². The van der Waals surface area contributed by atoms with Crippen molar-refractivity contribution in [1.82, 2.24) is 9.66 Å². The lowest BCUT2D eigenvalue weighted by Gasteiger charge is -2.07. The molecule has 0 amide bonds. The molecule has 10 heteroatoms. The first-order valence-electron chi connectivity index (χ1n) is 15.5. The summed E-state index contributed by atoms with van der Waals surface area (Å²) >= 11 is 0. The van der Waals surface area contributed by atoms with Crippen molar-refractivity contribution in [3.63, 3.8) is 0 Å². The predicted octanol–water partition coefficient (Wildman–Crippen LogP) is 5.61. The molecule has 2 aromatic carbocycles. The summed E-state index contributed by atoms with van der Waals surface area (Å²) in [7, 11) is -7.22. The SMILES string of the molecule is Cc1ccc(S(=O)(=O)NN=CC2=CC3C4C=CC2C=CC43)cc1.Cc1ccc(S(=O)(=O)NN=CC2=CC3C=CC4C(C=C3)C24)cc1. The molecule has 0 radical (unpaired) electrons. The molecule has 4 unspecified atom stereocenters. The Bertz CT molecular complexity index is 1950. The second-order valence-electron chi connectivity index (χ2n) is 12.7. The van der Waals surface area contributed by atoms with Crippen molar-refractivity contribution < 1.29 is 16.8 Å². The standard InChI is InChI=1S/2C18H18N2O2S/c1-12-2-6-15(7-3-12)23(21,22)20-19-11-14-10-18-16-8-4-13(14)5-9-17(16)18;1-12-2-6-15(7-3-12)23(21,22)20-19-11-14-10-13-4-8-16-17(9-5-13)18(14)16/h2*2-11,13,16-18,20H,1H3. The molecular formula is C36H36N4O4S2. The van der Waals surface area contributed by atoms with E-state index in [1.54, 1.807) is 61.0 Å². The van der Waals surface area contributed by atoms with Gasteiger partial charge in [0.1, 0.15) is 0 Å². The van der Waals surface area contributed by atoms with Crippen molar-refractivity contribution in [3.8, 4) is 0 Å². The van der Waals surface area contributed by atoms with E-state index in [2.05, 4.69) is 80.6 Å². The monoisotopic (exact) mass is 652 g/mol. The molecule has 8 bridgehead atoms. The molecule has 46 heavy (non-hydrogen) atoms. The lowest BCUT2D eigenvalue weighted by Crippen LogP contribution is -2.18. The number of hydrogen-bond acceptors (Lipinski definition) is 6. The maximum absolute atomic E-state index is 12.2. The van der Waals surface area contributed by atoms with Crippen LogP contribution < -0.4 is 9.66 Å². The van der Waals surface area contributed by atoms with Crippen LogP contribution in [0.5, 0.6) is 0 Å². The van der Waals surface area contributed by atoms with Crippen molar-refractivity contribution in [2.45, 2.75) is 23.6 Å². The minimum atomic E-state index is -3.62. The van der Waals surface area contributed by atoms with Crippen LogP contribution in [0, 0.1) is 61.2 Å². The molecule has 0 aliphatic heterocycles. The molecule has 4 atom stereocenters. The normalized spacial score (nSPS) is 30.9. The molecular weight excluding hydrogens is 617 g/mol. The largest absolute Gasteiger partial charge is 0.276 e. The lowest BCUT2D eigenvalue weighted by atomic mass is 10.0. The second-order valence-corrected chi connectivity index (χ2v) is 16.0. The van der Waals surface area contributed by atoms with E-state index in [1.807, 2.05) is 13.8 Å². The van der Waals surface area contributed by atoms with Crippen LogP contribution in [0.4, 0.5) is 0 Å². The maximum Gasteiger partial charge on any atom is 0.276 e. The molecule has 8 aliphatic carbocycles. The van der Waals surface area contributed by atoms with E-state index in [1.165, 1.54) is 0 Å². The highest BCUT2D eigenvalue weighted by atomic mass is 32.2. The number of hydrazone groups is 2. The minimum absolute atomic E-state index is 0.197. The van der Waals surface area contributed by atoms with Gasteiger partial charge in [0.05, 0.1) is 22.2 Å². The van der Waals surface area contributed by atoms with E-state index in [-0.39, 0.29) is 15.7 Å². The van der Waals surface area contributed by atoms with E-state index in [4.69, 9.17) is 0 Å². The van der Waals surface area contributed by atoms with Crippen LogP contribution in [0.2, 0.25) is 0 Å². The third-order valence-corrected chi connectivity index (χ3v) is 12.0. The third-order valence-electron chi connectivity index (χ3n) is 9.49. The van der Waals surface area contributed by atoms with E-state index in [9.17, 15) is 16.8 Å². The molecule has 8 nitrogen and oxygen atoms in total. The molecule has 0 heterocycles. The van der Waals surface area contributed by atoms with Gasteiger partial charge in [0.15, 0.2) is 0 Å². The molecule has 0 saturated heterocycles. The molecule has 0 spiro atoms. The first-order chi connectivity index (χ1) is 22.1. The zero-order valence-electron chi connectivity index (χ0n) is 25.5. The zero-order chi connectivity index (χ0) is 32.1. The number of nitrogens with one attached hydrogen (secondary N) is 2. The summed E-state index contributed by atoms with van der Waals surface area (Å²) < 4.78 is 48.9. The van der Waals surface area contributed by atoms with Gasteiger partial charge in [-0.25, -0.2) is 9.66 Å². The fraction of sp³-hybridized carbons (Fsp3) is 0.278. The van der Waals surface area contributed by atoms with Gasteiger partial charge in [0.25, 0.3) is 20.0 Å². The first kappa shape index (κ1) is 30.4. The summed E-state index contributed by atoms with van der Waals surface area (Å²) in [5.74, 6) is 3.81. The summed E-state index contributed by atoms with van der Waals surface area (Å²) in [4.78, 5) is 5.06. The number of rotatable bonds is 8.